The van der Waals surface area contributed by atoms with E-state index < -0.39 is 0 Å². The average Bonchev–Trinajstić information content (AvgIpc) is 2.37. The highest BCUT2D eigenvalue weighted by atomic mass is 79.9. The fraction of sp³-hybridized carbons (Fsp3) is 0.667. The highest BCUT2D eigenvalue weighted by molar-refractivity contribution is 9.10. The number of nitrogens with zero attached hydrogens (tertiary/aromatic N) is 1. The van der Waals surface area contributed by atoms with Crippen LogP contribution in [0, 0.1) is 5.92 Å². The minimum atomic E-state index is 0.512. The van der Waals surface area contributed by atoms with Crippen LogP contribution in [-0.4, -0.2) is 30.8 Å². The lowest BCUT2D eigenvalue weighted by Gasteiger charge is -2.37. The van der Waals surface area contributed by atoms with E-state index in [2.05, 4.69) is 45.3 Å². The molecule has 2 rings (SSSR count). The minimum absolute atomic E-state index is 0.512. The van der Waals surface area contributed by atoms with Crippen LogP contribution in [0.15, 0.2) is 22.8 Å². The summed E-state index contributed by atoms with van der Waals surface area (Å²) in [4.78, 5) is 4.45. The lowest BCUT2D eigenvalue weighted by atomic mass is 9.77. The molecule has 1 heterocycles. The fourth-order valence-electron chi connectivity index (χ4n) is 2.72. The van der Waals surface area contributed by atoms with Gasteiger partial charge in [0, 0.05) is 35.4 Å². The Morgan fingerprint density at radius 1 is 1.47 bits per heavy atom. The van der Waals surface area contributed by atoms with Gasteiger partial charge in [0.2, 0.25) is 0 Å². The lowest BCUT2D eigenvalue weighted by molar-refractivity contribution is -0.0288. The highest BCUT2D eigenvalue weighted by Crippen LogP contribution is 2.33. The summed E-state index contributed by atoms with van der Waals surface area (Å²) in [6.07, 6.45) is 7.05. The molecule has 1 aliphatic rings. The highest BCUT2D eigenvalue weighted by Gasteiger charge is 2.31. The normalized spacial score (nSPS) is 23.9. The van der Waals surface area contributed by atoms with Gasteiger partial charge in [0.05, 0.1) is 6.10 Å². The third-order valence-electron chi connectivity index (χ3n) is 3.87. The molecule has 1 atom stereocenters. The van der Waals surface area contributed by atoms with Crippen molar-refractivity contribution in [1.29, 1.82) is 0 Å². The number of aromatic nitrogens is 1. The first-order valence-electron chi connectivity index (χ1n) is 7.10. The molecule has 3 nitrogen and oxygen atoms in total. The summed E-state index contributed by atoms with van der Waals surface area (Å²) in [5.74, 6) is 0.810. The van der Waals surface area contributed by atoms with E-state index in [9.17, 15) is 0 Å². The molecule has 0 aliphatic heterocycles. The molecule has 0 saturated heterocycles. The zero-order chi connectivity index (χ0) is 13.7. The van der Waals surface area contributed by atoms with Crippen molar-refractivity contribution in [2.24, 2.45) is 5.92 Å². The molecular weight excluding hydrogens is 304 g/mol. The summed E-state index contributed by atoms with van der Waals surface area (Å²) < 4.78 is 6.65. The van der Waals surface area contributed by atoms with Gasteiger partial charge < -0.3 is 10.1 Å². The Labute approximate surface area is 124 Å². The van der Waals surface area contributed by atoms with Gasteiger partial charge >= 0.3 is 0 Å². The Balaban J connectivity index is 1.76. The van der Waals surface area contributed by atoms with Gasteiger partial charge in [-0.3, -0.25) is 4.98 Å². The van der Waals surface area contributed by atoms with Crippen LogP contribution in [0.5, 0.6) is 0 Å². The number of likely N-dealkylation sites (N-methyl/N-ethyl adjacent to an activating group) is 1. The molecule has 0 spiro atoms. The Morgan fingerprint density at radius 2 is 2.26 bits per heavy atom. The number of ether oxygens (including phenoxy) is 1. The van der Waals surface area contributed by atoms with E-state index in [0.717, 1.165) is 29.1 Å². The number of halogens is 1. The van der Waals surface area contributed by atoms with Gasteiger partial charge in [0.15, 0.2) is 0 Å². The van der Waals surface area contributed by atoms with E-state index in [1.54, 1.807) is 0 Å². The van der Waals surface area contributed by atoms with Crippen molar-refractivity contribution in [3.63, 3.8) is 0 Å². The van der Waals surface area contributed by atoms with E-state index in [-0.39, 0.29) is 0 Å². The number of pyridine rings is 1. The van der Waals surface area contributed by atoms with Crippen LogP contribution in [-0.2, 0) is 11.2 Å². The summed E-state index contributed by atoms with van der Waals surface area (Å²) in [7, 11) is 2.04. The van der Waals surface area contributed by atoms with Crippen molar-refractivity contribution < 1.29 is 4.74 Å². The summed E-state index contributed by atoms with van der Waals surface area (Å²) >= 11 is 3.42. The molecule has 1 aromatic rings. The molecule has 19 heavy (non-hydrogen) atoms. The number of rotatable bonds is 7. The maximum absolute atomic E-state index is 5.62. The first-order chi connectivity index (χ1) is 9.21. The van der Waals surface area contributed by atoms with Gasteiger partial charge in [-0.25, -0.2) is 0 Å². The van der Waals surface area contributed by atoms with Crippen molar-refractivity contribution in [2.75, 3.05) is 13.7 Å². The second-order valence-electron chi connectivity index (χ2n) is 5.31. The third kappa shape index (κ3) is 4.55. The second kappa shape index (κ2) is 7.36. The van der Waals surface area contributed by atoms with Crippen LogP contribution in [0.1, 0.15) is 31.9 Å². The SMILES string of the molecule is CCOC1CC(CC(Cc2ccc(Br)cn2)NC)C1. The quantitative estimate of drug-likeness (QED) is 0.835. The first-order valence-corrected chi connectivity index (χ1v) is 7.89. The van der Waals surface area contributed by atoms with Gasteiger partial charge in [-0.2, -0.15) is 0 Å². The van der Waals surface area contributed by atoms with E-state index in [4.69, 9.17) is 4.74 Å². The molecule has 4 heteroatoms. The smallest absolute Gasteiger partial charge is 0.0580 e. The van der Waals surface area contributed by atoms with E-state index >= 15 is 0 Å². The topological polar surface area (TPSA) is 34.1 Å². The second-order valence-corrected chi connectivity index (χ2v) is 6.22. The molecule has 0 bridgehead atoms. The maximum atomic E-state index is 5.62. The molecule has 0 aromatic carbocycles. The average molecular weight is 327 g/mol. The molecule has 1 aromatic heterocycles. The van der Waals surface area contributed by atoms with Crippen molar-refractivity contribution in [1.82, 2.24) is 10.3 Å². The molecule has 106 valence electrons. The van der Waals surface area contributed by atoms with Gasteiger partial charge in [-0.1, -0.05) is 0 Å². The summed E-state index contributed by atoms with van der Waals surface area (Å²) in [6.45, 7) is 2.92. The van der Waals surface area contributed by atoms with Gasteiger partial charge in [-0.05, 0) is 67.2 Å². The fourth-order valence-corrected chi connectivity index (χ4v) is 2.96. The Hall–Kier alpha value is -0.450. The van der Waals surface area contributed by atoms with Crippen molar-refractivity contribution in [2.45, 2.75) is 44.8 Å². The number of nitrogens with one attached hydrogen (secondary N) is 1. The first kappa shape index (κ1) is 14.9. The lowest BCUT2D eigenvalue weighted by Crippen LogP contribution is -2.38. The largest absolute Gasteiger partial charge is 0.378 e. The summed E-state index contributed by atoms with van der Waals surface area (Å²) in [5.41, 5.74) is 1.16. The molecule has 0 amide bonds. The maximum Gasteiger partial charge on any atom is 0.0580 e. The third-order valence-corrected chi connectivity index (χ3v) is 4.33. The van der Waals surface area contributed by atoms with Crippen molar-refractivity contribution >= 4 is 15.9 Å². The predicted octanol–water partition coefficient (Wildman–Crippen LogP) is 3.18. The Bertz CT molecular complexity index is 376. The molecule has 1 saturated carbocycles. The number of hydrogen-bond acceptors (Lipinski definition) is 3. The van der Waals surface area contributed by atoms with Crippen LogP contribution in [0.2, 0.25) is 0 Å². The van der Waals surface area contributed by atoms with Crippen LogP contribution in [0.4, 0.5) is 0 Å². The number of hydrogen-bond donors (Lipinski definition) is 1. The van der Waals surface area contributed by atoms with E-state index in [1.807, 2.05) is 13.2 Å². The van der Waals surface area contributed by atoms with Crippen LogP contribution in [0.25, 0.3) is 0 Å². The Morgan fingerprint density at radius 3 is 2.84 bits per heavy atom. The van der Waals surface area contributed by atoms with Crippen molar-refractivity contribution in [3.05, 3.63) is 28.5 Å². The van der Waals surface area contributed by atoms with E-state index in [0.29, 0.717) is 12.1 Å². The summed E-state index contributed by atoms with van der Waals surface area (Å²) in [5, 5.41) is 3.42. The van der Waals surface area contributed by atoms with E-state index in [1.165, 1.54) is 19.3 Å². The zero-order valence-electron chi connectivity index (χ0n) is 11.7. The monoisotopic (exact) mass is 326 g/mol. The van der Waals surface area contributed by atoms with Crippen LogP contribution < -0.4 is 5.32 Å². The molecule has 1 unspecified atom stereocenters. The summed E-state index contributed by atoms with van der Waals surface area (Å²) in [6, 6.07) is 4.67. The molecule has 1 fully saturated rings. The zero-order valence-corrected chi connectivity index (χ0v) is 13.3. The molecular formula is C15H23BrN2O. The molecule has 1 aliphatic carbocycles. The molecule has 0 radical (unpaired) electrons. The molecule has 1 N–H and O–H groups in total. The van der Waals surface area contributed by atoms with Crippen LogP contribution in [0.3, 0.4) is 0 Å². The van der Waals surface area contributed by atoms with Gasteiger partial charge in [-0.15, -0.1) is 0 Å². The van der Waals surface area contributed by atoms with Gasteiger partial charge in [0.1, 0.15) is 0 Å². The van der Waals surface area contributed by atoms with Crippen LogP contribution >= 0.6 is 15.9 Å². The Kier molecular flexibility index (Phi) is 5.79. The minimum Gasteiger partial charge on any atom is -0.378 e. The standard InChI is InChI=1S/C15H23BrN2O/c1-3-19-15-7-11(8-15)6-14(17-2)9-13-5-4-12(16)10-18-13/h4-5,10-11,14-15,17H,3,6-9H2,1-2H3. The van der Waals surface area contributed by atoms with Crippen molar-refractivity contribution in [3.8, 4) is 0 Å². The predicted molar refractivity (Wildman–Crippen MR) is 81.2 cm³/mol. The van der Waals surface area contributed by atoms with Gasteiger partial charge in [0.25, 0.3) is 0 Å².